The van der Waals surface area contributed by atoms with Crippen LogP contribution in [-0.2, 0) is 11.3 Å². The monoisotopic (exact) mass is 296 g/mol. The molecule has 0 aliphatic carbocycles. The van der Waals surface area contributed by atoms with Crippen LogP contribution in [0.2, 0.25) is 0 Å². The lowest BCUT2D eigenvalue weighted by atomic mass is 10.2. The van der Waals surface area contributed by atoms with E-state index < -0.39 is 5.97 Å². The fourth-order valence-electron chi connectivity index (χ4n) is 3.09. The zero-order chi connectivity index (χ0) is 13.9. The van der Waals surface area contributed by atoms with E-state index in [1.165, 1.54) is 17.8 Å². The first-order valence-electron chi connectivity index (χ1n) is 7.08. The molecule has 0 saturated carbocycles. The van der Waals surface area contributed by atoms with Crippen molar-refractivity contribution in [3.8, 4) is 0 Å². The minimum atomic E-state index is -0.807. The highest BCUT2D eigenvalue weighted by molar-refractivity contribution is 7.12. The van der Waals surface area contributed by atoms with Gasteiger partial charge in [-0.1, -0.05) is 0 Å². The van der Waals surface area contributed by atoms with E-state index in [0.717, 1.165) is 51.5 Å². The highest BCUT2D eigenvalue weighted by Gasteiger charge is 2.29. The summed E-state index contributed by atoms with van der Waals surface area (Å²) in [6, 6.07) is 2.54. The average molecular weight is 296 g/mol. The molecule has 3 rings (SSSR count). The van der Waals surface area contributed by atoms with Gasteiger partial charge in [0.25, 0.3) is 0 Å². The molecular formula is C14H20N2O3S. The maximum Gasteiger partial charge on any atom is 0.346 e. The van der Waals surface area contributed by atoms with E-state index in [-0.39, 0.29) is 0 Å². The Labute approximate surface area is 122 Å². The fraction of sp³-hybridized carbons (Fsp3) is 0.643. The van der Waals surface area contributed by atoms with Crippen molar-refractivity contribution in [3.63, 3.8) is 0 Å². The van der Waals surface area contributed by atoms with Gasteiger partial charge in [-0.15, -0.1) is 11.3 Å². The number of carbonyl (C=O) groups is 1. The molecule has 1 N–H and O–H groups in total. The number of likely N-dealkylation sites (tertiary alicyclic amines) is 1. The van der Waals surface area contributed by atoms with E-state index in [2.05, 4.69) is 9.80 Å². The van der Waals surface area contributed by atoms with Crippen LogP contribution in [0.1, 0.15) is 21.7 Å². The third-order valence-corrected chi connectivity index (χ3v) is 5.09. The summed E-state index contributed by atoms with van der Waals surface area (Å²) < 4.78 is 5.39. The van der Waals surface area contributed by atoms with Crippen molar-refractivity contribution in [2.45, 2.75) is 19.0 Å². The lowest BCUT2D eigenvalue weighted by Crippen LogP contribution is -2.44. The number of morpholine rings is 1. The Morgan fingerprint density at radius 3 is 2.95 bits per heavy atom. The van der Waals surface area contributed by atoms with Gasteiger partial charge >= 0.3 is 5.97 Å². The molecule has 5 nitrogen and oxygen atoms in total. The summed E-state index contributed by atoms with van der Waals surface area (Å²) in [5, 5.41) is 11.0. The number of carboxylic acids is 1. The Kier molecular flexibility index (Phi) is 4.35. The van der Waals surface area contributed by atoms with Crippen molar-refractivity contribution in [2.24, 2.45) is 0 Å². The number of aromatic carboxylic acids is 1. The van der Waals surface area contributed by atoms with Gasteiger partial charge in [-0.3, -0.25) is 9.80 Å². The summed E-state index contributed by atoms with van der Waals surface area (Å²) in [5.74, 6) is -0.807. The minimum Gasteiger partial charge on any atom is -0.477 e. The van der Waals surface area contributed by atoms with Crippen LogP contribution >= 0.6 is 11.3 Å². The van der Waals surface area contributed by atoms with E-state index in [0.29, 0.717) is 10.9 Å². The SMILES string of the molecule is O=C(O)c1sccc1CN1CCC(N2CCOCC2)C1. The van der Waals surface area contributed by atoms with E-state index >= 15 is 0 Å². The van der Waals surface area contributed by atoms with Crippen LogP contribution in [0.5, 0.6) is 0 Å². The van der Waals surface area contributed by atoms with Crippen LogP contribution in [-0.4, -0.2) is 66.3 Å². The first kappa shape index (κ1) is 14.0. The van der Waals surface area contributed by atoms with Gasteiger partial charge in [0.2, 0.25) is 0 Å². The number of carboxylic acid groups (broad SMARTS) is 1. The smallest absolute Gasteiger partial charge is 0.346 e. The fourth-order valence-corrected chi connectivity index (χ4v) is 3.84. The van der Waals surface area contributed by atoms with Crippen molar-refractivity contribution >= 4 is 17.3 Å². The van der Waals surface area contributed by atoms with E-state index in [9.17, 15) is 4.79 Å². The topological polar surface area (TPSA) is 53.0 Å². The standard InChI is InChI=1S/C14H20N2O3S/c17-14(18)13-11(2-8-20-13)9-15-3-1-12(10-15)16-4-6-19-7-5-16/h2,8,12H,1,3-7,9-10H2,(H,17,18). The normalized spacial score (nSPS) is 25.1. The maximum absolute atomic E-state index is 11.1. The van der Waals surface area contributed by atoms with Gasteiger partial charge in [0.1, 0.15) is 4.88 Å². The Balaban J connectivity index is 1.57. The van der Waals surface area contributed by atoms with Gasteiger partial charge in [0.05, 0.1) is 13.2 Å². The Morgan fingerprint density at radius 1 is 1.40 bits per heavy atom. The predicted molar refractivity (Wildman–Crippen MR) is 77.4 cm³/mol. The number of rotatable bonds is 4. The van der Waals surface area contributed by atoms with Crippen molar-refractivity contribution in [1.82, 2.24) is 9.80 Å². The van der Waals surface area contributed by atoms with Crippen LogP contribution in [0.25, 0.3) is 0 Å². The van der Waals surface area contributed by atoms with Gasteiger partial charge in [-0.05, 0) is 23.4 Å². The zero-order valence-electron chi connectivity index (χ0n) is 11.5. The molecule has 20 heavy (non-hydrogen) atoms. The van der Waals surface area contributed by atoms with Crippen molar-refractivity contribution in [1.29, 1.82) is 0 Å². The number of ether oxygens (including phenoxy) is 1. The van der Waals surface area contributed by atoms with Crippen LogP contribution in [0.4, 0.5) is 0 Å². The molecule has 1 unspecified atom stereocenters. The Hall–Kier alpha value is -0.950. The lowest BCUT2D eigenvalue weighted by Gasteiger charge is -2.32. The molecule has 2 aliphatic rings. The molecule has 1 aromatic rings. The Morgan fingerprint density at radius 2 is 2.20 bits per heavy atom. The van der Waals surface area contributed by atoms with Gasteiger partial charge in [0.15, 0.2) is 0 Å². The summed E-state index contributed by atoms with van der Waals surface area (Å²) in [4.78, 5) is 16.5. The van der Waals surface area contributed by atoms with Crippen molar-refractivity contribution in [3.05, 3.63) is 21.9 Å². The number of hydrogen-bond donors (Lipinski definition) is 1. The third-order valence-electron chi connectivity index (χ3n) is 4.14. The molecule has 1 aromatic heterocycles. The van der Waals surface area contributed by atoms with Gasteiger partial charge in [0, 0.05) is 38.8 Å². The molecule has 0 radical (unpaired) electrons. The highest BCUT2D eigenvalue weighted by Crippen LogP contribution is 2.23. The molecule has 0 spiro atoms. The maximum atomic E-state index is 11.1. The summed E-state index contributed by atoms with van der Waals surface area (Å²) in [5.41, 5.74) is 0.949. The highest BCUT2D eigenvalue weighted by atomic mass is 32.1. The molecule has 3 heterocycles. The number of nitrogens with zero attached hydrogens (tertiary/aromatic N) is 2. The van der Waals surface area contributed by atoms with Crippen LogP contribution in [0, 0.1) is 0 Å². The van der Waals surface area contributed by atoms with Crippen molar-refractivity contribution < 1.29 is 14.6 Å². The largest absolute Gasteiger partial charge is 0.477 e. The van der Waals surface area contributed by atoms with Gasteiger partial charge in [-0.2, -0.15) is 0 Å². The van der Waals surface area contributed by atoms with E-state index in [1.54, 1.807) is 0 Å². The molecule has 1 atom stereocenters. The second-order valence-corrected chi connectivity index (χ2v) is 6.32. The number of hydrogen-bond acceptors (Lipinski definition) is 5. The summed E-state index contributed by atoms with van der Waals surface area (Å²) >= 11 is 1.32. The molecule has 110 valence electrons. The van der Waals surface area contributed by atoms with Gasteiger partial charge < -0.3 is 9.84 Å². The van der Waals surface area contributed by atoms with E-state index in [4.69, 9.17) is 9.84 Å². The summed E-state index contributed by atoms with van der Waals surface area (Å²) in [6.45, 7) is 6.57. The second-order valence-electron chi connectivity index (χ2n) is 5.41. The van der Waals surface area contributed by atoms with Crippen LogP contribution < -0.4 is 0 Å². The molecule has 2 fully saturated rings. The lowest BCUT2D eigenvalue weighted by molar-refractivity contribution is 0.0183. The first-order chi connectivity index (χ1) is 9.74. The quantitative estimate of drug-likeness (QED) is 0.909. The third kappa shape index (κ3) is 3.03. The van der Waals surface area contributed by atoms with Crippen molar-refractivity contribution in [2.75, 3.05) is 39.4 Å². The average Bonchev–Trinajstić information content (AvgIpc) is 3.09. The molecule has 2 aliphatic heterocycles. The molecule has 2 saturated heterocycles. The van der Waals surface area contributed by atoms with Crippen LogP contribution in [0.15, 0.2) is 11.4 Å². The first-order valence-corrected chi connectivity index (χ1v) is 7.96. The molecule has 6 heteroatoms. The van der Waals surface area contributed by atoms with Crippen LogP contribution in [0.3, 0.4) is 0 Å². The molecule has 0 aromatic carbocycles. The second kappa shape index (κ2) is 6.22. The minimum absolute atomic E-state index is 0.486. The van der Waals surface area contributed by atoms with Gasteiger partial charge in [-0.25, -0.2) is 4.79 Å². The summed E-state index contributed by atoms with van der Waals surface area (Å²) in [6.07, 6.45) is 1.17. The summed E-state index contributed by atoms with van der Waals surface area (Å²) in [7, 11) is 0. The number of thiophene rings is 1. The molecular weight excluding hydrogens is 276 g/mol. The zero-order valence-corrected chi connectivity index (χ0v) is 12.3. The Bertz CT molecular complexity index is 471. The molecule has 0 amide bonds. The predicted octanol–water partition coefficient (Wildman–Crippen LogP) is 1.35. The van der Waals surface area contributed by atoms with E-state index in [1.807, 2.05) is 11.4 Å². The molecule has 0 bridgehead atoms.